The smallest absolute Gasteiger partial charge is 0.319 e. The van der Waals surface area contributed by atoms with Crippen LogP contribution < -0.4 is 15.5 Å². The van der Waals surface area contributed by atoms with Crippen LogP contribution in [0.2, 0.25) is 0 Å². The van der Waals surface area contributed by atoms with Gasteiger partial charge in [-0.2, -0.15) is 0 Å². The molecule has 0 radical (unpaired) electrons. The third-order valence-corrected chi connectivity index (χ3v) is 5.44. The van der Waals surface area contributed by atoms with Gasteiger partial charge in [0, 0.05) is 44.1 Å². The lowest BCUT2D eigenvalue weighted by Crippen LogP contribution is -2.47. The molecule has 0 atom stereocenters. The number of hydrogen-bond acceptors (Lipinski definition) is 3. The molecular weight excluding hydrogens is 360 g/mol. The molecule has 0 aliphatic carbocycles. The second-order valence-corrected chi connectivity index (χ2v) is 8.73. The van der Waals surface area contributed by atoms with E-state index in [1.807, 2.05) is 12.1 Å². The first-order chi connectivity index (χ1) is 13.9. The summed E-state index contributed by atoms with van der Waals surface area (Å²) in [6.45, 7) is 12.5. The number of rotatable bonds is 6. The van der Waals surface area contributed by atoms with Crippen LogP contribution in [0.15, 0.2) is 54.6 Å². The van der Waals surface area contributed by atoms with Crippen LogP contribution in [0, 0.1) is 0 Å². The van der Waals surface area contributed by atoms with E-state index in [1.54, 1.807) is 0 Å². The standard InChI is InChI=1S/C24H34N4O/c1-24(2,3)20-10-12-21(13-11-20)26-23(29)25-14-7-15-27-16-18-28(19-17-27)22-8-5-4-6-9-22/h4-6,8-13H,7,14-19H2,1-3H3,(H2,25,26,29). The molecule has 2 aromatic carbocycles. The summed E-state index contributed by atoms with van der Waals surface area (Å²) < 4.78 is 0. The van der Waals surface area contributed by atoms with Gasteiger partial charge in [-0.05, 0) is 48.2 Å². The predicted octanol–water partition coefficient (Wildman–Crippen LogP) is 4.32. The fourth-order valence-electron chi connectivity index (χ4n) is 3.60. The van der Waals surface area contributed by atoms with Crippen LogP contribution in [-0.4, -0.2) is 50.2 Å². The minimum Gasteiger partial charge on any atom is -0.369 e. The molecule has 2 aromatic rings. The van der Waals surface area contributed by atoms with Crippen molar-refractivity contribution < 1.29 is 4.79 Å². The summed E-state index contributed by atoms with van der Waals surface area (Å²) >= 11 is 0. The number of para-hydroxylation sites is 1. The van der Waals surface area contributed by atoms with Crippen molar-refractivity contribution in [2.24, 2.45) is 0 Å². The summed E-state index contributed by atoms with van der Waals surface area (Å²) in [5, 5.41) is 5.88. The van der Waals surface area contributed by atoms with Gasteiger partial charge in [-0.25, -0.2) is 4.79 Å². The minimum absolute atomic E-state index is 0.118. The number of hydrogen-bond donors (Lipinski definition) is 2. The van der Waals surface area contributed by atoms with Crippen molar-refractivity contribution in [3.63, 3.8) is 0 Å². The third-order valence-electron chi connectivity index (χ3n) is 5.44. The summed E-state index contributed by atoms with van der Waals surface area (Å²) in [6.07, 6.45) is 0.960. The molecule has 156 valence electrons. The molecule has 5 heteroatoms. The van der Waals surface area contributed by atoms with Gasteiger partial charge in [0.15, 0.2) is 0 Å². The number of benzene rings is 2. The van der Waals surface area contributed by atoms with Crippen molar-refractivity contribution >= 4 is 17.4 Å². The zero-order valence-electron chi connectivity index (χ0n) is 17.9. The maximum Gasteiger partial charge on any atom is 0.319 e. The van der Waals surface area contributed by atoms with Gasteiger partial charge in [-0.3, -0.25) is 4.90 Å². The van der Waals surface area contributed by atoms with Gasteiger partial charge in [-0.1, -0.05) is 51.1 Å². The van der Waals surface area contributed by atoms with Gasteiger partial charge in [0.1, 0.15) is 0 Å². The highest BCUT2D eigenvalue weighted by molar-refractivity contribution is 5.89. The molecule has 1 aliphatic heterocycles. The van der Waals surface area contributed by atoms with Crippen LogP contribution in [0.25, 0.3) is 0 Å². The highest BCUT2D eigenvalue weighted by atomic mass is 16.2. The second-order valence-electron chi connectivity index (χ2n) is 8.73. The number of carbonyl (C=O) groups excluding carboxylic acids is 1. The number of urea groups is 1. The van der Waals surface area contributed by atoms with Crippen molar-refractivity contribution in [2.45, 2.75) is 32.6 Å². The number of nitrogens with zero attached hydrogens (tertiary/aromatic N) is 2. The van der Waals surface area contributed by atoms with E-state index in [4.69, 9.17) is 0 Å². The SMILES string of the molecule is CC(C)(C)c1ccc(NC(=O)NCCCN2CCN(c3ccccc3)CC2)cc1. The minimum atomic E-state index is -0.137. The maximum absolute atomic E-state index is 12.1. The first-order valence-corrected chi connectivity index (χ1v) is 10.6. The van der Waals surface area contributed by atoms with E-state index in [0.29, 0.717) is 6.54 Å². The Morgan fingerprint density at radius 2 is 1.59 bits per heavy atom. The monoisotopic (exact) mass is 394 g/mol. The van der Waals surface area contributed by atoms with Crippen molar-refractivity contribution in [3.05, 3.63) is 60.2 Å². The molecule has 2 amide bonds. The fraction of sp³-hybridized carbons (Fsp3) is 0.458. The van der Waals surface area contributed by atoms with Crippen LogP contribution in [0.5, 0.6) is 0 Å². The quantitative estimate of drug-likeness (QED) is 0.718. The predicted molar refractivity (Wildman–Crippen MR) is 122 cm³/mol. The Labute approximate surface area is 175 Å². The fourth-order valence-corrected chi connectivity index (χ4v) is 3.60. The van der Waals surface area contributed by atoms with Crippen LogP contribution in [0.1, 0.15) is 32.8 Å². The zero-order valence-corrected chi connectivity index (χ0v) is 17.9. The Bertz CT molecular complexity index is 760. The maximum atomic E-state index is 12.1. The van der Waals surface area contributed by atoms with Gasteiger partial charge < -0.3 is 15.5 Å². The van der Waals surface area contributed by atoms with Gasteiger partial charge in [0.05, 0.1) is 0 Å². The Balaban J connectivity index is 1.31. The zero-order chi connectivity index (χ0) is 20.7. The molecule has 0 aromatic heterocycles. The lowest BCUT2D eigenvalue weighted by Gasteiger charge is -2.36. The summed E-state index contributed by atoms with van der Waals surface area (Å²) in [5.74, 6) is 0. The van der Waals surface area contributed by atoms with Gasteiger partial charge >= 0.3 is 6.03 Å². The molecule has 1 aliphatic rings. The lowest BCUT2D eigenvalue weighted by atomic mass is 9.87. The highest BCUT2D eigenvalue weighted by Crippen LogP contribution is 2.23. The van der Waals surface area contributed by atoms with Crippen molar-refractivity contribution in [1.82, 2.24) is 10.2 Å². The van der Waals surface area contributed by atoms with Crippen LogP contribution in [0.4, 0.5) is 16.2 Å². The molecule has 0 spiro atoms. The van der Waals surface area contributed by atoms with E-state index >= 15 is 0 Å². The number of amides is 2. The molecule has 0 saturated carbocycles. The molecule has 5 nitrogen and oxygen atoms in total. The number of anilines is 2. The van der Waals surface area contributed by atoms with Crippen molar-refractivity contribution in [3.8, 4) is 0 Å². The van der Waals surface area contributed by atoms with Crippen molar-refractivity contribution in [1.29, 1.82) is 0 Å². The van der Waals surface area contributed by atoms with Crippen LogP contribution >= 0.6 is 0 Å². The molecular formula is C24H34N4O. The Morgan fingerprint density at radius 1 is 0.931 bits per heavy atom. The van der Waals surface area contributed by atoms with E-state index in [0.717, 1.165) is 44.8 Å². The van der Waals surface area contributed by atoms with Crippen LogP contribution in [-0.2, 0) is 5.41 Å². The summed E-state index contributed by atoms with van der Waals surface area (Å²) in [7, 11) is 0. The number of nitrogens with one attached hydrogen (secondary N) is 2. The van der Waals surface area contributed by atoms with Crippen LogP contribution in [0.3, 0.4) is 0 Å². The van der Waals surface area contributed by atoms with E-state index in [-0.39, 0.29) is 11.4 Å². The summed E-state index contributed by atoms with van der Waals surface area (Å²) in [6, 6.07) is 18.5. The van der Waals surface area contributed by atoms with Gasteiger partial charge in [0.2, 0.25) is 0 Å². The lowest BCUT2D eigenvalue weighted by molar-refractivity contribution is 0.244. The average molecular weight is 395 g/mol. The first-order valence-electron chi connectivity index (χ1n) is 10.6. The average Bonchev–Trinajstić information content (AvgIpc) is 2.72. The largest absolute Gasteiger partial charge is 0.369 e. The molecule has 0 bridgehead atoms. The Morgan fingerprint density at radius 3 is 2.21 bits per heavy atom. The molecule has 29 heavy (non-hydrogen) atoms. The van der Waals surface area contributed by atoms with E-state index in [9.17, 15) is 4.79 Å². The van der Waals surface area contributed by atoms with E-state index in [2.05, 4.69) is 83.7 Å². The summed E-state index contributed by atoms with van der Waals surface area (Å²) in [5.41, 5.74) is 3.51. The topological polar surface area (TPSA) is 47.6 Å². The van der Waals surface area contributed by atoms with E-state index in [1.165, 1.54) is 11.3 Å². The Kier molecular flexibility index (Phi) is 7.15. The molecule has 1 fully saturated rings. The van der Waals surface area contributed by atoms with Gasteiger partial charge in [-0.15, -0.1) is 0 Å². The molecule has 3 rings (SSSR count). The molecule has 1 heterocycles. The normalized spacial score (nSPS) is 15.2. The summed E-state index contributed by atoms with van der Waals surface area (Å²) in [4.78, 5) is 17.0. The second kappa shape index (κ2) is 9.79. The highest BCUT2D eigenvalue weighted by Gasteiger charge is 2.16. The van der Waals surface area contributed by atoms with Crippen molar-refractivity contribution in [2.75, 3.05) is 49.5 Å². The molecule has 2 N–H and O–H groups in total. The first kappa shape index (κ1) is 21.2. The third kappa shape index (κ3) is 6.50. The Hall–Kier alpha value is -2.53. The number of carbonyl (C=O) groups is 1. The van der Waals surface area contributed by atoms with Gasteiger partial charge in [0.25, 0.3) is 0 Å². The molecule has 1 saturated heterocycles. The molecule has 0 unspecified atom stereocenters. The number of piperazine rings is 1. The van der Waals surface area contributed by atoms with E-state index < -0.39 is 0 Å².